The van der Waals surface area contributed by atoms with Gasteiger partial charge in [-0.05, 0) is 31.4 Å². The lowest BCUT2D eigenvalue weighted by atomic mass is 9.91. The topological polar surface area (TPSA) is 20.3 Å². The minimum absolute atomic E-state index is 0.181. The molecule has 2 nitrogen and oxygen atoms in total. The van der Waals surface area contributed by atoms with Crippen LogP contribution in [0.15, 0.2) is 24.3 Å². The SMILES string of the molecule is O=C(c1ccccc1F)N(CCBr)C1CCC1. The number of hydrogen-bond donors (Lipinski definition) is 0. The highest BCUT2D eigenvalue weighted by atomic mass is 79.9. The van der Waals surface area contributed by atoms with Crippen molar-refractivity contribution >= 4 is 21.8 Å². The molecule has 0 aromatic heterocycles. The third-order valence-electron chi connectivity index (χ3n) is 3.21. The van der Waals surface area contributed by atoms with Crippen molar-refractivity contribution in [1.29, 1.82) is 0 Å². The Balaban J connectivity index is 2.18. The van der Waals surface area contributed by atoms with Crippen molar-refractivity contribution in [3.05, 3.63) is 35.6 Å². The number of rotatable bonds is 4. The fraction of sp³-hybridized carbons (Fsp3) is 0.462. The molecule has 0 saturated heterocycles. The van der Waals surface area contributed by atoms with Crippen LogP contribution < -0.4 is 0 Å². The van der Waals surface area contributed by atoms with E-state index in [-0.39, 0.29) is 11.5 Å². The van der Waals surface area contributed by atoms with E-state index in [1.165, 1.54) is 6.07 Å². The van der Waals surface area contributed by atoms with E-state index in [0.717, 1.165) is 24.6 Å². The third kappa shape index (κ3) is 2.68. The summed E-state index contributed by atoms with van der Waals surface area (Å²) in [5, 5.41) is 0.726. The smallest absolute Gasteiger partial charge is 0.257 e. The van der Waals surface area contributed by atoms with Gasteiger partial charge in [0, 0.05) is 17.9 Å². The molecule has 17 heavy (non-hydrogen) atoms. The monoisotopic (exact) mass is 299 g/mol. The molecular weight excluding hydrogens is 285 g/mol. The molecule has 0 aliphatic heterocycles. The van der Waals surface area contributed by atoms with Crippen molar-refractivity contribution in [3.63, 3.8) is 0 Å². The second-order valence-corrected chi connectivity index (χ2v) is 5.05. The summed E-state index contributed by atoms with van der Waals surface area (Å²) in [4.78, 5) is 14.0. The molecule has 0 bridgehead atoms. The first-order chi connectivity index (χ1) is 8.24. The second-order valence-electron chi connectivity index (χ2n) is 4.25. The van der Waals surface area contributed by atoms with Gasteiger partial charge < -0.3 is 4.90 Å². The molecule has 1 aromatic rings. The summed E-state index contributed by atoms with van der Waals surface area (Å²) in [7, 11) is 0. The van der Waals surface area contributed by atoms with Crippen LogP contribution in [0, 0.1) is 5.82 Å². The van der Waals surface area contributed by atoms with E-state index in [1.54, 1.807) is 23.1 Å². The summed E-state index contributed by atoms with van der Waals surface area (Å²) in [6.07, 6.45) is 3.23. The van der Waals surface area contributed by atoms with Gasteiger partial charge in [-0.3, -0.25) is 4.79 Å². The predicted octanol–water partition coefficient (Wildman–Crippen LogP) is 3.22. The second kappa shape index (κ2) is 5.63. The summed E-state index contributed by atoms with van der Waals surface area (Å²) in [5.74, 6) is -0.622. The molecule has 1 aliphatic carbocycles. The molecule has 2 rings (SSSR count). The maximum absolute atomic E-state index is 13.6. The highest BCUT2D eigenvalue weighted by Gasteiger charge is 2.29. The molecule has 1 aliphatic rings. The van der Waals surface area contributed by atoms with Crippen molar-refractivity contribution in [2.45, 2.75) is 25.3 Å². The van der Waals surface area contributed by atoms with Crippen LogP contribution in [0.25, 0.3) is 0 Å². The number of nitrogens with zero attached hydrogens (tertiary/aromatic N) is 1. The van der Waals surface area contributed by atoms with Gasteiger partial charge in [0.15, 0.2) is 0 Å². The quantitative estimate of drug-likeness (QED) is 0.782. The van der Waals surface area contributed by atoms with E-state index in [1.807, 2.05) is 0 Å². The fourth-order valence-corrected chi connectivity index (χ4v) is 2.41. The van der Waals surface area contributed by atoms with E-state index in [4.69, 9.17) is 0 Å². The first-order valence-electron chi connectivity index (χ1n) is 5.85. The average Bonchev–Trinajstić information content (AvgIpc) is 2.26. The number of halogens is 2. The first kappa shape index (κ1) is 12.6. The van der Waals surface area contributed by atoms with Crippen molar-refractivity contribution in [3.8, 4) is 0 Å². The van der Waals surface area contributed by atoms with E-state index < -0.39 is 5.82 Å². The summed E-state index contributed by atoms with van der Waals surface area (Å²) >= 11 is 3.34. The Hall–Kier alpha value is -0.900. The van der Waals surface area contributed by atoms with Gasteiger partial charge in [-0.2, -0.15) is 0 Å². The van der Waals surface area contributed by atoms with Gasteiger partial charge in [0.25, 0.3) is 5.91 Å². The summed E-state index contributed by atoms with van der Waals surface area (Å²) in [5.41, 5.74) is 0.181. The van der Waals surface area contributed by atoms with Gasteiger partial charge in [-0.25, -0.2) is 4.39 Å². The normalized spacial score (nSPS) is 15.4. The number of amides is 1. The number of alkyl halides is 1. The molecule has 4 heteroatoms. The Morgan fingerprint density at radius 1 is 1.41 bits per heavy atom. The largest absolute Gasteiger partial charge is 0.335 e. The Labute approximate surface area is 109 Å². The van der Waals surface area contributed by atoms with Gasteiger partial charge in [0.2, 0.25) is 0 Å². The minimum atomic E-state index is -0.434. The highest BCUT2D eigenvalue weighted by Crippen LogP contribution is 2.26. The number of benzene rings is 1. The molecule has 1 aromatic carbocycles. The van der Waals surface area contributed by atoms with Crippen molar-refractivity contribution < 1.29 is 9.18 Å². The lowest BCUT2D eigenvalue weighted by molar-refractivity contribution is 0.0595. The van der Waals surface area contributed by atoms with Crippen molar-refractivity contribution in [2.75, 3.05) is 11.9 Å². The molecule has 0 radical (unpaired) electrons. The zero-order valence-corrected chi connectivity index (χ0v) is 11.1. The van der Waals surface area contributed by atoms with Crippen molar-refractivity contribution in [2.24, 2.45) is 0 Å². The average molecular weight is 300 g/mol. The molecule has 0 spiro atoms. The van der Waals surface area contributed by atoms with Crippen LogP contribution in [0.2, 0.25) is 0 Å². The standard InChI is InChI=1S/C13H15BrFNO/c14-8-9-16(10-4-3-5-10)13(17)11-6-1-2-7-12(11)15/h1-2,6-7,10H,3-5,8-9H2. The number of carbonyl (C=O) groups excluding carboxylic acids is 1. The van der Waals surface area contributed by atoms with Crippen LogP contribution in [0.3, 0.4) is 0 Å². The van der Waals surface area contributed by atoms with Crippen LogP contribution in [0.4, 0.5) is 4.39 Å². The fourth-order valence-electron chi connectivity index (χ4n) is 2.03. The molecule has 1 fully saturated rings. The number of hydrogen-bond acceptors (Lipinski definition) is 1. The van der Waals surface area contributed by atoms with E-state index in [9.17, 15) is 9.18 Å². The molecule has 1 amide bonds. The van der Waals surface area contributed by atoms with E-state index in [0.29, 0.717) is 12.6 Å². The van der Waals surface area contributed by atoms with Gasteiger partial charge in [-0.15, -0.1) is 0 Å². The van der Waals surface area contributed by atoms with Gasteiger partial charge in [0.1, 0.15) is 5.82 Å². The maximum Gasteiger partial charge on any atom is 0.257 e. The molecule has 92 valence electrons. The molecule has 0 unspecified atom stereocenters. The zero-order chi connectivity index (χ0) is 12.3. The third-order valence-corrected chi connectivity index (χ3v) is 3.56. The predicted molar refractivity (Wildman–Crippen MR) is 68.9 cm³/mol. The van der Waals surface area contributed by atoms with Crippen molar-refractivity contribution in [1.82, 2.24) is 4.90 Å². The molecule has 0 atom stereocenters. The maximum atomic E-state index is 13.6. The Morgan fingerprint density at radius 3 is 2.65 bits per heavy atom. The van der Waals surface area contributed by atoms with Gasteiger partial charge in [-0.1, -0.05) is 28.1 Å². The molecule has 1 saturated carbocycles. The van der Waals surface area contributed by atoms with Crippen LogP contribution in [0.5, 0.6) is 0 Å². The number of carbonyl (C=O) groups is 1. The van der Waals surface area contributed by atoms with Gasteiger partial charge in [0.05, 0.1) is 5.56 Å². The summed E-state index contributed by atoms with van der Waals surface area (Å²) in [6.45, 7) is 0.637. The first-order valence-corrected chi connectivity index (χ1v) is 6.97. The summed E-state index contributed by atoms with van der Waals surface area (Å²) in [6, 6.07) is 6.48. The molecular formula is C13H15BrFNO. The van der Waals surface area contributed by atoms with E-state index in [2.05, 4.69) is 15.9 Å². The summed E-state index contributed by atoms with van der Waals surface area (Å²) < 4.78 is 13.6. The Kier molecular flexibility index (Phi) is 4.15. The Morgan fingerprint density at radius 2 is 2.12 bits per heavy atom. The lowest BCUT2D eigenvalue weighted by Gasteiger charge is -2.37. The lowest BCUT2D eigenvalue weighted by Crippen LogP contribution is -2.45. The van der Waals surface area contributed by atoms with Crippen LogP contribution >= 0.6 is 15.9 Å². The van der Waals surface area contributed by atoms with Crippen LogP contribution in [0.1, 0.15) is 29.6 Å². The molecule has 0 heterocycles. The molecule has 0 N–H and O–H groups in total. The van der Waals surface area contributed by atoms with Crippen LogP contribution in [-0.2, 0) is 0 Å². The zero-order valence-electron chi connectivity index (χ0n) is 9.53. The minimum Gasteiger partial charge on any atom is -0.335 e. The Bertz CT molecular complexity index is 406. The van der Waals surface area contributed by atoms with E-state index >= 15 is 0 Å². The van der Waals surface area contributed by atoms with Gasteiger partial charge >= 0.3 is 0 Å². The highest BCUT2D eigenvalue weighted by molar-refractivity contribution is 9.09. The van der Waals surface area contributed by atoms with Crippen LogP contribution in [-0.4, -0.2) is 28.7 Å².